The first-order valence-electron chi connectivity index (χ1n) is 9.10. The van der Waals surface area contributed by atoms with Gasteiger partial charge in [-0.3, -0.25) is 14.6 Å². The van der Waals surface area contributed by atoms with Crippen molar-refractivity contribution in [1.29, 1.82) is 0 Å². The van der Waals surface area contributed by atoms with Crippen molar-refractivity contribution in [2.75, 3.05) is 7.11 Å². The summed E-state index contributed by atoms with van der Waals surface area (Å²) in [6.07, 6.45) is 6.65. The first kappa shape index (κ1) is 17.9. The number of ether oxygens (including phenoxy) is 1. The number of pyridine rings is 1. The Kier molecular flexibility index (Phi) is 4.89. The Morgan fingerprint density at radius 3 is 2.61 bits per heavy atom. The van der Waals surface area contributed by atoms with Crippen LogP contribution in [0.3, 0.4) is 0 Å². The van der Waals surface area contributed by atoms with Gasteiger partial charge in [-0.25, -0.2) is 4.98 Å². The van der Waals surface area contributed by atoms with Crippen LogP contribution in [0.5, 0.6) is 5.75 Å². The minimum atomic E-state index is -0.476. The molecule has 1 saturated carbocycles. The number of rotatable bonds is 6. The zero-order valence-corrected chi connectivity index (χ0v) is 15.4. The van der Waals surface area contributed by atoms with E-state index in [1.807, 2.05) is 24.3 Å². The third kappa shape index (κ3) is 3.78. The van der Waals surface area contributed by atoms with Crippen LogP contribution in [0.1, 0.15) is 34.8 Å². The van der Waals surface area contributed by atoms with E-state index in [0.717, 1.165) is 24.2 Å². The molecule has 0 spiro atoms. The van der Waals surface area contributed by atoms with Crippen molar-refractivity contribution >= 4 is 5.91 Å². The third-order valence-electron chi connectivity index (χ3n) is 4.83. The minimum Gasteiger partial charge on any atom is -0.497 e. The zero-order valence-electron chi connectivity index (χ0n) is 15.4. The number of nitrogens with one attached hydrogen (secondary N) is 2. The maximum atomic E-state index is 12.7. The van der Waals surface area contributed by atoms with Gasteiger partial charge >= 0.3 is 0 Å². The topological polar surface area (TPSA) is 97.0 Å². The standard InChI is InChI=1S/C21H20N4O3/c1-28-16-8-6-14(7-9-16)18(13-4-5-13)24-20(26)17-12-23-19(25-21(17)27)15-3-2-10-22-11-15/h2-3,6-13,18H,4-5H2,1H3,(H,24,26)(H,23,25,27)/t18-/m0/s1. The first-order valence-corrected chi connectivity index (χ1v) is 9.10. The molecule has 28 heavy (non-hydrogen) atoms. The molecule has 0 aliphatic heterocycles. The molecule has 4 rings (SSSR count). The summed E-state index contributed by atoms with van der Waals surface area (Å²) in [6, 6.07) is 11.0. The molecule has 7 nitrogen and oxygen atoms in total. The summed E-state index contributed by atoms with van der Waals surface area (Å²) >= 11 is 0. The highest BCUT2D eigenvalue weighted by Gasteiger charge is 2.34. The average Bonchev–Trinajstić information content (AvgIpc) is 3.58. The van der Waals surface area contributed by atoms with Gasteiger partial charge in [-0.2, -0.15) is 0 Å². The average molecular weight is 376 g/mol. The molecule has 1 amide bonds. The quantitative estimate of drug-likeness (QED) is 0.689. The number of methoxy groups -OCH3 is 1. The van der Waals surface area contributed by atoms with E-state index in [1.165, 1.54) is 6.20 Å². The predicted molar refractivity (Wildman–Crippen MR) is 104 cm³/mol. The van der Waals surface area contributed by atoms with Crippen LogP contribution in [0.25, 0.3) is 11.4 Å². The number of aromatic nitrogens is 3. The van der Waals surface area contributed by atoms with E-state index in [2.05, 4.69) is 20.3 Å². The molecule has 1 aliphatic carbocycles. The Morgan fingerprint density at radius 2 is 2.00 bits per heavy atom. The number of carbonyl (C=O) groups excluding carboxylic acids is 1. The van der Waals surface area contributed by atoms with E-state index < -0.39 is 11.5 Å². The molecular weight excluding hydrogens is 356 g/mol. The molecule has 0 radical (unpaired) electrons. The summed E-state index contributed by atoms with van der Waals surface area (Å²) < 4.78 is 5.19. The Labute approximate surface area is 161 Å². The van der Waals surface area contributed by atoms with Crippen molar-refractivity contribution in [1.82, 2.24) is 20.3 Å². The van der Waals surface area contributed by atoms with Crippen LogP contribution in [0.15, 0.2) is 59.8 Å². The Balaban J connectivity index is 1.55. The maximum absolute atomic E-state index is 12.7. The van der Waals surface area contributed by atoms with Crippen molar-refractivity contribution in [2.24, 2.45) is 5.92 Å². The lowest BCUT2D eigenvalue weighted by atomic mass is 10.0. The Bertz CT molecular complexity index is 1030. The van der Waals surface area contributed by atoms with E-state index in [0.29, 0.717) is 17.3 Å². The fraction of sp³-hybridized carbons (Fsp3) is 0.238. The molecule has 0 unspecified atom stereocenters. The molecule has 1 aliphatic rings. The second-order valence-corrected chi connectivity index (χ2v) is 6.78. The van der Waals surface area contributed by atoms with Crippen LogP contribution < -0.4 is 15.6 Å². The number of hydrogen-bond donors (Lipinski definition) is 2. The van der Waals surface area contributed by atoms with Crippen LogP contribution in [-0.2, 0) is 0 Å². The first-order chi connectivity index (χ1) is 13.7. The number of nitrogens with zero attached hydrogens (tertiary/aromatic N) is 2. The van der Waals surface area contributed by atoms with E-state index in [-0.39, 0.29) is 11.6 Å². The van der Waals surface area contributed by atoms with Gasteiger partial charge in [-0.05, 0) is 48.6 Å². The lowest BCUT2D eigenvalue weighted by Crippen LogP contribution is -2.34. The third-order valence-corrected chi connectivity index (χ3v) is 4.83. The molecule has 0 bridgehead atoms. The van der Waals surface area contributed by atoms with E-state index in [4.69, 9.17) is 4.74 Å². The largest absolute Gasteiger partial charge is 0.497 e. The molecule has 0 saturated heterocycles. The fourth-order valence-corrected chi connectivity index (χ4v) is 3.14. The summed E-state index contributed by atoms with van der Waals surface area (Å²) in [5, 5.41) is 3.00. The Hall–Kier alpha value is -3.48. The molecule has 2 heterocycles. The molecule has 3 aromatic rings. The van der Waals surface area contributed by atoms with Crippen molar-refractivity contribution in [3.63, 3.8) is 0 Å². The van der Waals surface area contributed by atoms with E-state index in [9.17, 15) is 9.59 Å². The van der Waals surface area contributed by atoms with Crippen LogP contribution in [0.4, 0.5) is 0 Å². The van der Waals surface area contributed by atoms with Crippen molar-refractivity contribution in [2.45, 2.75) is 18.9 Å². The summed E-state index contributed by atoms with van der Waals surface area (Å²) in [5.74, 6) is 1.08. The van der Waals surface area contributed by atoms with Crippen LogP contribution in [0, 0.1) is 5.92 Å². The maximum Gasteiger partial charge on any atom is 0.264 e. The van der Waals surface area contributed by atoms with Gasteiger partial charge in [0, 0.05) is 24.2 Å². The van der Waals surface area contributed by atoms with Gasteiger partial charge < -0.3 is 15.0 Å². The van der Waals surface area contributed by atoms with Gasteiger partial charge in [0.25, 0.3) is 11.5 Å². The summed E-state index contributed by atoms with van der Waals surface area (Å²) in [4.78, 5) is 36.1. The van der Waals surface area contributed by atoms with Crippen molar-refractivity contribution in [3.05, 3.63) is 76.5 Å². The zero-order chi connectivity index (χ0) is 19.5. The molecule has 1 atom stereocenters. The number of benzene rings is 1. The highest BCUT2D eigenvalue weighted by atomic mass is 16.5. The molecule has 2 N–H and O–H groups in total. The monoisotopic (exact) mass is 376 g/mol. The van der Waals surface area contributed by atoms with E-state index in [1.54, 1.807) is 31.6 Å². The van der Waals surface area contributed by atoms with Gasteiger partial charge in [0.15, 0.2) is 0 Å². The fourth-order valence-electron chi connectivity index (χ4n) is 3.14. The summed E-state index contributed by atoms with van der Waals surface area (Å²) in [7, 11) is 1.61. The second kappa shape index (κ2) is 7.64. The molecule has 1 aromatic carbocycles. The van der Waals surface area contributed by atoms with Crippen LogP contribution in [-0.4, -0.2) is 28.0 Å². The smallest absolute Gasteiger partial charge is 0.264 e. The van der Waals surface area contributed by atoms with Crippen molar-refractivity contribution in [3.8, 4) is 17.1 Å². The van der Waals surface area contributed by atoms with Gasteiger partial charge in [-0.1, -0.05) is 12.1 Å². The lowest BCUT2D eigenvalue weighted by molar-refractivity contribution is 0.0929. The number of hydrogen-bond acceptors (Lipinski definition) is 5. The highest BCUT2D eigenvalue weighted by Crippen LogP contribution is 2.41. The molecule has 2 aromatic heterocycles. The number of aromatic amines is 1. The van der Waals surface area contributed by atoms with Gasteiger partial charge in [0.05, 0.1) is 13.2 Å². The second-order valence-electron chi connectivity index (χ2n) is 6.78. The summed E-state index contributed by atoms with van der Waals surface area (Å²) in [6.45, 7) is 0. The predicted octanol–water partition coefficient (Wildman–Crippen LogP) is 2.72. The lowest BCUT2D eigenvalue weighted by Gasteiger charge is -2.19. The molecular formula is C21H20N4O3. The van der Waals surface area contributed by atoms with Gasteiger partial charge in [0.1, 0.15) is 17.1 Å². The van der Waals surface area contributed by atoms with Crippen LogP contribution in [0.2, 0.25) is 0 Å². The van der Waals surface area contributed by atoms with Crippen molar-refractivity contribution < 1.29 is 9.53 Å². The summed E-state index contributed by atoms with van der Waals surface area (Å²) in [5.41, 5.74) is 1.19. The molecule has 142 valence electrons. The van der Waals surface area contributed by atoms with Gasteiger partial charge in [0.2, 0.25) is 0 Å². The molecule has 7 heteroatoms. The Morgan fingerprint density at radius 1 is 1.21 bits per heavy atom. The SMILES string of the molecule is COc1ccc([C@@H](NC(=O)c2cnc(-c3cccnc3)[nH]c2=O)C2CC2)cc1. The highest BCUT2D eigenvalue weighted by molar-refractivity contribution is 5.94. The number of H-pyrrole nitrogens is 1. The minimum absolute atomic E-state index is 0.00759. The number of amides is 1. The number of carbonyl (C=O) groups is 1. The normalized spacial score (nSPS) is 14.3. The van der Waals surface area contributed by atoms with Gasteiger partial charge in [-0.15, -0.1) is 0 Å². The van der Waals surface area contributed by atoms with E-state index >= 15 is 0 Å². The van der Waals surface area contributed by atoms with Crippen LogP contribution >= 0.6 is 0 Å². The molecule has 1 fully saturated rings.